The molecule has 1 heterocycles. The molecule has 1 aromatic rings. The van der Waals surface area contributed by atoms with Gasteiger partial charge in [-0.2, -0.15) is 17.6 Å². The van der Waals surface area contributed by atoms with Crippen molar-refractivity contribution in [2.75, 3.05) is 13.1 Å². The predicted octanol–water partition coefficient (Wildman–Crippen LogP) is 2.90. The Balaban J connectivity index is 1.87. The van der Waals surface area contributed by atoms with Gasteiger partial charge in [0, 0.05) is 13.1 Å². The van der Waals surface area contributed by atoms with Crippen molar-refractivity contribution in [1.82, 2.24) is 4.90 Å². The average Bonchev–Trinajstić information content (AvgIpc) is 2.90. The molecular formula is C18H20F4N2O3. The van der Waals surface area contributed by atoms with E-state index in [9.17, 15) is 27.2 Å². The van der Waals surface area contributed by atoms with Crippen molar-refractivity contribution >= 4 is 11.8 Å². The summed E-state index contributed by atoms with van der Waals surface area (Å²) in [6, 6.07) is 4.97. The van der Waals surface area contributed by atoms with E-state index in [1.54, 1.807) is 0 Å². The molecule has 1 saturated carbocycles. The fourth-order valence-electron chi connectivity index (χ4n) is 4.48. The Morgan fingerprint density at radius 1 is 1.30 bits per heavy atom. The molecule has 1 aromatic carbocycles. The highest BCUT2D eigenvalue weighted by atomic mass is 19.3. The lowest BCUT2D eigenvalue weighted by Gasteiger charge is -2.54. The Morgan fingerprint density at radius 2 is 1.93 bits per heavy atom. The lowest BCUT2D eigenvalue weighted by Crippen LogP contribution is -2.59. The second kappa shape index (κ2) is 6.10. The predicted molar refractivity (Wildman–Crippen MR) is 87.4 cm³/mol. The van der Waals surface area contributed by atoms with Gasteiger partial charge in [0.05, 0.1) is 11.0 Å². The van der Waals surface area contributed by atoms with E-state index in [1.165, 1.54) is 23.1 Å². The summed E-state index contributed by atoms with van der Waals surface area (Å²) < 4.78 is 55.6. The van der Waals surface area contributed by atoms with E-state index >= 15 is 0 Å². The number of benzene rings is 1. The maximum atomic E-state index is 13.3. The molecule has 1 aliphatic carbocycles. The third-order valence-electron chi connectivity index (χ3n) is 5.65. The van der Waals surface area contributed by atoms with Gasteiger partial charge in [0.2, 0.25) is 5.91 Å². The van der Waals surface area contributed by atoms with E-state index in [4.69, 9.17) is 5.73 Å². The quantitative estimate of drug-likeness (QED) is 0.789. The fraction of sp³-hybridized carbons (Fsp3) is 0.556. The number of nitrogens with zero attached hydrogens (tertiary/aromatic N) is 1. The summed E-state index contributed by atoms with van der Waals surface area (Å²) in [5.74, 6) is -1.96. The maximum Gasteiger partial charge on any atom is 0.461 e. The number of para-hydroxylation sites is 1. The van der Waals surface area contributed by atoms with E-state index in [-0.39, 0.29) is 30.0 Å². The zero-order valence-electron chi connectivity index (χ0n) is 14.8. The number of likely N-dealkylation sites (tertiary alicyclic amines) is 1. The summed E-state index contributed by atoms with van der Waals surface area (Å²) in [4.78, 5) is 26.2. The van der Waals surface area contributed by atoms with Crippen molar-refractivity contribution in [2.24, 2.45) is 22.5 Å². The molecular weight excluding hydrogens is 368 g/mol. The molecule has 2 aliphatic rings. The van der Waals surface area contributed by atoms with Gasteiger partial charge in [0.1, 0.15) is 5.75 Å². The van der Waals surface area contributed by atoms with Crippen molar-refractivity contribution in [2.45, 2.75) is 32.8 Å². The van der Waals surface area contributed by atoms with Gasteiger partial charge in [0.25, 0.3) is 5.91 Å². The molecule has 148 valence electrons. The molecule has 0 aromatic heterocycles. The number of hydrogen-bond acceptors (Lipinski definition) is 3. The fourth-order valence-corrected chi connectivity index (χ4v) is 4.48. The van der Waals surface area contributed by atoms with Gasteiger partial charge in [-0.3, -0.25) is 9.59 Å². The summed E-state index contributed by atoms with van der Waals surface area (Å²) in [5.41, 5.74) is 4.25. The highest BCUT2D eigenvalue weighted by Gasteiger charge is 2.66. The second-order valence-electron chi connectivity index (χ2n) is 7.88. The molecule has 1 saturated heterocycles. The molecule has 0 spiro atoms. The number of alkyl halides is 4. The third-order valence-corrected chi connectivity index (χ3v) is 5.65. The number of fused-ring (bicyclic) bond motifs is 1. The summed E-state index contributed by atoms with van der Waals surface area (Å²) in [6.45, 7) is 4.23. The van der Waals surface area contributed by atoms with E-state index in [2.05, 4.69) is 4.74 Å². The Hall–Kier alpha value is -2.32. The average molecular weight is 388 g/mol. The first kappa shape index (κ1) is 19.4. The molecule has 3 rings (SSSR count). The van der Waals surface area contributed by atoms with Crippen LogP contribution in [0.2, 0.25) is 0 Å². The number of carbonyl (C=O) groups is 2. The minimum atomic E-state index is -4.73. The van der Waals surface area contributed by atoms with Gasteiger partial charge in [-0.1, -0.05) is 26.0 Å². The van der Waals surface area contributed by atoms with Gasteiger partial charge in [-0.05, 0) is 29.9 Å². The monoisotopic (exact) mass is 388 g/mol. The summed E-state index contributed by atoms with van der Waals surface area (Å²) >= 11 is 0. The van der Waals surface area contributed by atoms with Crippen LogP contribution in [0.1, 0.15) is 30.6 Å². The number of ether oxygens (including phenoxy) is 1. The van der Waals surface area contributed by atoms with Crippen molar-refractivity contribution in [3.05, 3.63) is 29.8 Å². The van der Waals surface area contributed by atoms with Gasteiger partial charge >= 0.3 is 12.5 Å². The van der Waals surface area contributed by atoms with Crippen LogP contribution in [0.15, 0.2) is 24.3 Å². The third kappa shape index (κ3) is 3.02. The van der Waals surface area contributed by atoms with Gasteiger partial charge in [-0.15, -0.1) is 0 Å². The van der Waals surface area contributed by atoms with E-state index < -0.39 is 35.5 Å². The van der Waals surface area contributed by atoms with Gasteiger partial charge in [0.15, 0.2) is 0 Å². The molecule has 27 heavy (non-hydrogen) atoms. The normalized spacial score (nSPS) is 26.5. The molecule has 2 amide bonds. The zero-order chi connectivity index (χ0) is 20.2. The topological polar surface area (TPSA) is 72.6 Å². The molecule has 0 unspecified atom stereocenters. The van der Waals surface area contributed by atoms with Crippen LogP contribution < -0.4 is 10.5 Å². The smallest absolute Gasteiger partial charge is 0.427 e. The number of amides is 2. The minimum absolute atomic E-state index is 0.0643. The van der Waals surface area contributed by atoms with Crippen molar-refractivity contribution in [1.29, 1.82) is 0 Å². The number of carbonyl (C=O) groups excluding carboxylic acids is 2. The highest BCUT2D eigenvalue weighted by molar-refractivity contribution is 5.98. The van der Waals surface area contributed by atoms with Gasteiger partial charge < -0.3 is 15.4 Å². The number of primary amides is 1. The summed E-state index contributed by atoms with van der Waals surface area (Å²) in [5, 5.41) is 0. The first-order valence-corrected chi connectivity index (χ1v) is 8.44. The van der Waals surface area contributed by atoms with E-state index in [0.717, 1.165) is 6.07 Å². The van der Waals surface area contributed by atoms with Crippen LogP contribution in [0.5, 0.6) is 5.75 Å². The zero-order valence-corrected chi connectivity index (χ0v) is 14.8. The molecule has 2 N–H and O–H groups in total. The molecule has 0 radical (unpaired) electrons. The van der Waals surface area contributed by atoms with E-state index in [0.29, 0.717) is 6.42 Å². The minimum Gasteiger partial charge on any atom is -0.427 e. The molecule has 2 atom stereocenters. The summed E-state index contributed by atoms with van der Waals surface area (Å²) in [7, 11) is 0. The largest absolute Gasteiger partial charge is 0.461 e. The van der Waals surface area contributed by atoms with Crippen LogP contribution >= 0.6 is 0 Å². The molecule has 5 nitrogen and oxygen atoms in total. The Bertz CT molecular complexity index is 784. The summed E-state index contributed by atoms with van der Waals surface area (Å²) in [6.07, 6.45) is -8.25. The van der Waals surface area contributed by atoms with Crippen LogP contribution in [0.4, 0.5) is 17.6 Å². The number of hydrogen-bond donors (Lipinski definition) is 1. The number of halogens is 4. The lowest BCUT2D eigenvalue weighted by atomic mass is 9.48. The molecule has 1 aliphatic heterocycles. The molecule has 9 heteroatoms. The van der Waals surface area contributed by atoms with Crippen LogP contribution in [0, 0.1) is 16.7 Å². The van der Waals surface area contributed by atoms with E-state index in [1.807, 2.05) is 13.8 Å². The molecule has 2 fully saturated rings. The van der Waals surface area contributed by atoms with Crippen molar-refractivity contribution < 1.29 is 31.9 Å². The van der Waals surface area contributed by atoms with Crippen LogP contribution in [0.25, 0.3) is 0 Å². The van der Waals surface area contributed by atoms with Crippen molar-refractivity contribution in [3.63, 3.8) is 0 Å². The maximum absolute atomic E-state index is 13.3. The second-order valence-corrected chi connectivity index (χ2v) is 7.88. The Morgan fingerprint density at radius 3 is 2.44 bits per heavy atom. The van der Waals surface area contributed by atoms with Crippen LogP contribution in [0.3, 0.4) is 0 Å². The first-order valence-electron chi connectivity index (χ1n) is 8.44. The Kier molecular flexibility index (Phi) is 4.39. The first-order chi connectivity index (χ1) is 12.4. The number of nitrogens with two attached hydrogens (primary N) is 1. The standard InChI is InChI=1S/C18H20F4N2O3/c1-16(2)8-17(15(23)26)9-24(7-12(16)17)13(25)10-5-3-4-6-11(10)27-18(21,22)14(19)20/h3-6,12,14H,7-9H2,1-2H3,(H2,23,26)/t12-,17+/m1/s1. The van der Waals surface area contributed by atoms with Crippen LogP contribution in [-0.4, -0.2) is 42.3 Å². The number of rotatable bonds is 5. The van der Waals surface area contributed by atoms with Crippen LogP contribution in [-0.2, 0) is 4.79 Å². The highest BCUT2D eigenvalue weighted by Crippen LogP contribution is 2.62. The lowest BCUT2D eigenvalue weighted by molar-refractivity contribution is -0.253. The van der Waals surface area contributed by atoms with Crippen molar-refractivity contribution in [3.8, 4) is 5.75 Å². The Labute approximate surface area is 153 Å². The molecule has 0 bridgehead atoms. The SMILES string of the molecule is CC1(C)C[C@]2(C(N)=O)CN(C(=O)c3ccccc3OC(F)(F)C(F)F)C[C@H]12. The van der Waals surface area contributed by atoms with Gasteiger partial charge in [-0.25, -0.2) is 0 Å².